The molecule has 0 atom stereocenters. The van der Waals surface area contributed by atoms with E-state index in [1.807, 2.05) is 0 Å². The van der Waals surface area contributed by atoms with Crippen LogP contribution >= 0.6 is 0 Å². The second-order valence-electron chi connectivity index (χ2n) is 5.42. The Hall–Kier alpha value is -1.18. The van der Waals surface area contributed by atoms with Gasteiger partial charge in [0.1, 0.15) is 5.82 Å². The van der Waals surface area contributed by atoms with E-state index in [1.165, 1.54) is 18.3 Å². The quantitative estimate of drug-likeness (QED) is 0.816. The van der Waals surface area contributed by atoms with Gasteiger partial charge in [0.05, 0.1) is 16.7 Å². The minimum atomic E-state index is -3.69. The van der Waals surface area contributed by atoms with Crippen LogP contribution in [-0.4, -0.2) is 37.5 Å². The smallest absolute Gasteiger partial charge is 0.243 e. The fourth-order valence-corrected chi connectivity index (χ4v) is 3.91. The van der Waals surface area contributed by atoms with Crippen LogP contribution in [0, 0.1) is 18.7 Å². The predicted octanol–water partition coefficient (Wildman–Crippen LogP) is 1.11. The van der Waals surface area contributed by atoms with Crippen LogP contribution < -0.4 is 5.73 Å². The van der Waals surface area contributed by atoms with Crippen molar-refractivity contribution in [1.29, 1.82) is 0 Å². The molecule has 1 fully saturated rings. The Labute approximate surface area is 118 Å². The molecule has 0 spiro atoms. The summed E-state index contributed by atoms with van der Waals surface area (Å²) >= 11 is 0. The number of hydrogen-bond acceptors (Lipinski definition) is 4. The lowest BCUT2D eigenvalue weighted by atomic mass is 9.82. The highest BCUT2D eigenvalue weighted by atomic mass is 32.2. The second kappa shape index (κ2) is 5.31. The number of nitrogens with two attached hydrogens (primary N) is 1. The maximum absolute atomic E-state index is 13.3. The van der Waals surface area contributed by atoms with Crippen molar-refractivity contribution in [1.82, 2.24) is 4.31 Å². The first kappa shape index (κ1) is 15.2. The first-order chi connectivity index (χ1) is 9.21. The maximum atomic E-state index is 13.3. The van der Waals surface area contributed by atoms with E-state index < -0.39 is 15.8 Å². The molecule has 2 rings (SSSR count). The van der Waals surface area contributed by atoms with E-state index in [4.69, 9.17) is 5.73 Å². The normalized spacial score (nSPS) is 22.9. The Balaban J connectivity index is 2.23. The number of sulfonamides is 1. The van der Waals surface area contributed by atoms with Crippen molar-refractivity contribution in [2.45, 2.75) is 30.8 Å². The number of anilines is 1. The molecule has 20 heavy (non-hydrogen) atoms. The van der Waals surface area contributed by atoms with Crippen LogP contribution in [0.2, 0.25) is 0 Å². The van der Waals surface area contributed by atoms with Gasteiger partial charge in [0.15, 0.2) is 0 Å². The molecule has 0 saturated heterocycles. The molecule has 0 heterocycles. The van der Waals surface area contributed by atoms with E-state index in [9.17, 15) is 17.9 Å². The molecule has 1 aromatic rings. The third kappa shape index (κ3) is 2.79. The van der Waals surface area contributed by atoms with Gasteiger partial charge in [-0.05, 0) is 43.4 Å². The van der Waals surface area contributed by atoms with Crippen molar-refractivity contribution in [2.24, 2.45) is 5.92 Å². The first-order valence-electron chi connectivity index (χ1n) is 6.42. The molecule has 5 nitrogen and oxygen atoms in total. The van der Waals surface area contributed by atoms with Gasteiger partial charge in [-0.2, -0.15) is 0 Å². The van der Waals surface area contributed by atoms with Gasteiger partial charge in [-0.15, -0.1) is 0 Å². The Kier molecular flexibility index (Phi) is 4.04. The first-order valence-corrected chi connectivity index (χ1v) is 7.86. The van der Waals surface area contributed by atoms with Gasteiger partial charge in [-0.1, -0.05) is 0 Å². The lowest BCUT2D eigenvalue weighted by Crippen LogP contribution is -2.39. The van der Waals surface area contributed by atoms with Crippen molar-refractivity contribution >= 4 is 15.7 Å². The van der Waals surface area contributed by atoms with E-state index in [2.05, 4.69) is 0 Å². The molecule has 1 aliphatic rings. The lowest BCUT2D eigenvalue weighted by molar-refractivity contribution is 0.0367. The summed E-state index contributed by atoms with van der Waals surface area (Å²) in [4.78, 5) is 0.0266. The van der Waals surface area contributed by atoms with Crippen molar-refractivity contribution in [2.75, 3.05) is 19.3 Å². The standard InChI is InChI=1S/C13H19FN2O3S/c1-8-3-11(14)12(15)6-13(8)20(18,19)16(2)7-9-4-10(17)5-9/h3,6,9-10,17H,4-5,7,15H2,1-2H3. The van der Waals surface area contributed by atoms with E-state index in [0.717, 1.165) is 12.1 Å². The molecular formula is C13H19FN2O3S. The number of aliphatic hydroxyl groups is 1. The van der Waals surface area contributed by atoms with Crippen molar-refractivity contribution in [3.8, 4) is 0 Å². The minimum absolute atomic E-state index is 0.0266. The third-order valence-corrected chi connectivity index (χ3v) is 5.67. The van der Waals surface area contributed by atoms with Crippen LogP contribution in [0.25, 0.3) is 0 Å². The second-order valence-corrected chi connectivity index (χ2v) is 7.43. The van der Waals surface area contributed by atoms with Crippen LogP contribution in [0.1, 0.15) is 18.4 Å². The van der Waals surface area contributed by atoms with E-state index >= 15 is 0 Å². The lowest BCUT2D eigenvalue weighted by Gasteiger charge is -2.34. The maximum Gasteiger partial charge on any atom is 0.243 e. The van der Waals surface area contributed by atoms with Crippen molar-refractivity contribution < 1.29 is 17.9 Å². The fourth-order valence-electron chi connectivity index (χ4n) is 2.43. The molecule has 0 aliphatic heterocycles. The van der Waals surface area contributed by atoms with Crippen molar-refractivity contribution in [3.05, 3.63) is 23.5 Å². The summed E-state index contributed by atoms with van der Waals surface area (Å²) in [7, 11) is -2.21. The number of halogens is 1. The zero-order valence-electron chi connectivity index (χ0n) is 11.5. The Morgan fingerprint density at radius 1 is 1.45 bits per heavy atom. The Bertz CT molecular complexity index is 612. The third-order valence-electron chi connectivity index (χ3n) is 3.71. The van der Waals surface area contributed by atoms with Gasteiger partial charge in [-0.3, -0.25) is 0 Å². The number of aliphatic hydroxyl groups excluding tert-OH is 1. The predicted molar refractivity (Wildman–Crippen MR) is 74.1 cm³/mol. The van der Waals surface area contributed by atoms with Crippen LogP contribution in [0.3, 0.4) is 0 Å². The summed E-state index contributed by atoms with van der Waals surface area (Å²) in [6.07, 6.45) is 0.911. The summed E-state index contributed by atoms with van der Waals surface area (Å²) in [6, 6.07) is 2.29. The number of rotatable bonds is 4. The molecule has 0 aromatic heterocycles. The van der Waals surface area contributed by atoms with Gasteiger partial charge in [0.25, 0.3) is 0 Å². The van der Waals surface area contributed by atoms with Gasteiger partial charge < -0.3 is 10.8 Å². The van der Waals surface area contributed by atoms with Gasteiger partial charge >= 0.3 is 0 Å². The summed E-state index contributed by atoms with van der Waals surface area (Å²) in [6.45, 7) is 1.88. The van der Waals surface area contributed by atoms with E-state index in [0.29, 0.717) is 24.9 Å². The zero-order valence-corrected chi connectivity index (χ0v) is 12.3. The van der Waals surface area contributed by atoms with Gasteiger partial charge in [0.2, 0.25) is 10.0 Å². The number of nitrogen functional groups attached to an aromatic ring is 1. The molecule has 7 heteroatoms. The summed E-state index contributed by atoms with van der Waals surface area (Å²) < 4.78 is 39.5. The average Bonchev–Trinajstić information content (AvgIpc) is 2.31. The topological polar surface area (TPSA) is 83.6 Å². The fraction of sp³-hybridized carbons (Fsp3) is 0.538. The summed E-state index contributed by atoms with van der Waals surface area (Å²) in [5.74, 6) is -0.450. The molecular weight excluding hydrogens is 283 g/mol. The number of aryl methyl sites for hydroxylation is 1. The van der Waals surface area contributed by atoms with Crippen LogP contribution in [0.5, 0.6) is 0 Å². The number of hydrogen-bond donors (Lipinski definition) is 2. The van der Waals surface area contributed by atoms with Crippen LogP contribution in [0.4, 0.5) is 10.1 Å². The van der Waals surface area contributed by atoms with Crippen LogP contribution in [-0.2, 0) is 10.0 Å². The molecule has 3 N–H and O–H groups in total. The molecule has 0 amide bonds. The minimum Gasteiger partial charge on any atom is -0.396 e. The molecule has 0 unspecified atom stereocenters. The van der Waals surface area contributed by atoms with E-state index in [-0.39, 0.29) is 22.6 Å². The van der Waals surface area contributed by atoms with Gasteiger partial charge in [0, 0.05) is 13.6 Å². The monoisotopic (exact) mass is 302 g/mol. The van der Waals surface area contributed by atoms with E-state index in [1.54, 1.807) is 0 Å². The Morgan fingerprint density at radius 2 is 2.05 bits per heavy atom. The molecule has 112 valence electrons. The SMILES string of the molecule is Cc1cc(F)c(N)cc1S(=O)(=O)N(C)CC1CC(O)C1. The highest BCUT2D eigenvalue weighted by molar-refractivity contribution is 7.89. The Morgan fingerprint density at radius 3 is 2.60 bits per heavy atom. The van der Waals surface area contributed by atoms with Crippen LogP contribution in [0.15, 0.2) is 17.0 Å². The zero-order chi connectivity index (χ0) is 15.1. The highest BCUT2D eigenvalue weighted by Gasteiger charge is 2.32. The molecule has 0 bridgehead atoms. The highest BCUT2D eigenvalue weighted by Crippen LogP contribution is 2.30. The molecule has 1 saturated carbocycles. The largest absolute Gasteiger partial charge is 0.396 e. The summed E-state index contributed by atoms with van der Waals surface area (Å²) in [5.41, 5.74) is 5.60. The average molecular weight is 302 g/mol. The number of nitrogens with zero attached hydrogens (tertiary/aromatic N) is 1. The molecule has 1 aliphatic carbocycles. The van der Waals surface area contributed by atoms with Crippen molar-refractivity contribution in [3.63, 3.8) is 0 Å². The van der Waals surface area contributed by atoms with Gasteiger partial charge in [-0.25, -0.2) is 17.1 Å². The molecule has 1 aromatic carbocycles. The summed E-state index contributed by atoms with van der Waals surface area (Å²) in [5, 5.41) is 9.24. The molecule has 0 radical (unpaired) electrons. The number of benzene rings is 1.